The Morgan fingerprint density at radius 1 is 1.44 bits per heavy atom. The van der Waals surface area contributed by atoms with E-state index < -0.39 is 0 Å². The Morgan fingerprint density at radius 2 is 2.19 bits per heavy atom. The summed E-state index contributed by atoms with van der Waals surface area (Å²) < 4.78 is 5.34. The Labute approximate surface area is 95.2 Å². The summed E-state index contributed by atoms with van der Waals surface area (Å²) in [5, 5.41) is 2.86. The number of anilines is 2. The molecule has 1 aromatic rings. The van der Waals surface area contributed by atoms with Crippen LogP contribution in [0.4, 0.5) is 11.4 Å². The maximum Gasteiger partial charge on any atom is 0.243 e. The van der Waals surface area contributed by atoms with Gasteiger partial charge in [-0.05, 0) is 26.0 Å². The molecule has 1 aromatic carbocycles. The highest BCUT2D eigenvalue weighted by Crippen LogP contribution is 2.39. The highest BCUT2D eigenvalue weighted by Gasteiger charge is 2.26. The number of benzene rings is 1. The number of rotatable bonds is 2. The number of nitrogens with one attached hydrogen (secondary N) is 1. The molecule has 1 amide bonds. The molecule has 0 unspecified atom stereocenters. The van der Waals surface area contributed by atoms with Crippen LogP contribution >= 0.6 is 0 Å². The Morgan fingerprint density at radius 3 is 2.81 bits per heavy atom. The van der Waals surface area contributed by atoms with Gasteiger partial charge in [0.15, 0.2) is 0 Å². The molecule has 0 aliphatic carbocycles. The number of carbonyl (C=O) groups is 1. The third kappa shape index (κ3) is 1.71. The number of amides is 1. The van der Waals surface area contributed by atoms with E-state index in [2.05, 4.69) is 19.2 Å². The van der Waals surface area contributed by atoms with E-state index in [-0.39, 0.29) is 11.9 Å². The largest absolute Gasteiger partial charge is 0.495 e. The molecule has 0 bridgehead atoms. The molecule has 1 heterocycles. The van der Waals surface area contributed by atoms with E-state index in [1.165, 1.54) is 0 Å². The van der Waals surface area contributed by atoms with Crippen LogP contribution in [0.2, 0.25) is 0 Å². The minimum Gasteiger partial charge on any atom is -0.495 e. The third-order valence-electron chi connectivity index (χ3n) is 2.72. The van der Waals surface area contributed by atoms with Gasteiger partial charge in [-0.25, -0.2) is 0 Å². The number of hydrogen-bond acceptors (Lipinski definition) is 3. The van der Waals surface area contributed by atoms with Gasteiger partial charge in [0, 0.05) is 6.04 Å². The van der Waals surface area contributed by atoms with E-state index in [1.54, 1.807) is 7.11 Å². The van der Waals surface area contributed by atoms with Crippen molar-refractivity contribution >= 4 is 17.3 Å². The van der Waals surface area contributed by atoms with Crippen molar-refractivity contribution in [3.63, 3.8) is 0 Å². The maximum atomic E-state index is 11.5. The average Bonchev–Trinajstić information content (AvgIpc) is 2.26. The lowest BCUT2D eigenvalue weighted by Crippen LogP contribution is -2.42. The lowest BCUT2D eigenvalue weighted by atomic mass is 10.1. The van der Waals surface area contributed by atoms with Crippen LogP contribution in [-0.4, -0.2) is 25.6 Å². The summed E-state index contributed by atoms with van der Waals surface area (Å²) in [7, 11) is 1.64. The van der Waals surface area contributed by atoms with Gasteiger partial charge in [0.25, 0.3) is 0 Å². The van der Waals surface area contributed by atoms with Gasteiger partial charge < -0.3 is 15.0 Å². The normalized spacial score (nSPS) is 14.8. The molecule has 0 radical (unpaired) electrons. The lowest BCUT2D eigenvalue weighted by molar-refractivity contribution is -0.115. The van der Waals surface area contributed by atoms with Gasteiger partial charge in [-0.3, -0.25) is 4.79 Å². The van der Waals surface area contributed by atoms with Gasteiger partial charge >= 0.3 is 0 Å². The van der Waals surface area contributed by atoms with Gasteiger partial charge in [0.2, 0.25) is 5.91 Å². The molecular formula is C12H16N2O2. The summed E-state index contributed by atoms with van der Waals surface area (Å²) in [4.78, 5) is 13.6. The van der Waals surface area contributed by atoms with Crippen LogP contribution in [0.25, 0.3) is 0 Å². The first kappa shape index (κ1) is 10.8. The fourth-order valence-corrected chi connectivity index (χ4v) is 1.95. The smallest absolute Gasteiger partial charge is 0.243 e. The molecule has 2 rings (SSSR count). The molecule has 0 saturated heterocycles. The number of methoxy groups -OCH3 is 1. The van der Waals surface area contributed by atoms with E-state index in [0.29, 0.717) is 6.54 Å². The van der Waals surface area contributed by atoms with Crippen molar-refractivity contribution in [2.24, 2.45) is 0 Å². The van der Waals surface area contributed by atoms with Crippen molar-refractivity contribution in [3.8, 4) is 5.75 Å². The van der Waals surface area contributed by atoms with Gasteiger partial charge in [0.05, 0.1) is 19.3 Å². The zero-order chi connectivity index (χ0) is 11.7. The zero-order valence-corrected chi connectivity index (χ0v) is 9.78. The lowest BCUT2D eigenvalue weighted by Gasteiger charge is -2.35. The summed E-state index contributed by atoms with van der Waals surface area (Å²) in [6.45, 7) is 4.51. The Bertz CT molecular complexity index is 415. The molecule has 0 fully saturated rings. The molecule has 0 saturated carbocycles. The number of ether oxygens (including phenoxy) is 1. The highest BCUT2D eigenvalue weighted by molar-refractivity contribution is 6.02. The van der Waals surface area contributed by atoms with E-state index in [0.717, 1.165) is 17.1 Å². The molecule has 1 aliphatic heterocycles. The van der Waals surface area contributed by atoms with E-state index >= 15 is 0 Å². The van der Waals surface area contributed by atoms with Crippen molar-refractivity contribution in [1.29, 1.82) is 0 Å². The SMILES string of the molecule is COc1cccc2c1N(C(C)C)CC(=O)N2. The summed E-state index contributed by atoms with van der Waals surface area (Å²) in [5.41, 5.74) is 1.80. The Hall–Kier alpha value is -1.71. The van der Waals surface area contributed by atoms with Gasteiger partial charge in [-0.15, -0.1) is 0 Å². The van der Waals surface area contributed by atoms with Crippen LogP contribution in [0.15, 0.2) is 18.2 Å². The number of fused-ring (bicyclic) bond motifs is 1. The summed E-state index contributed by atoms with van der Waals surface area (Å²) in [5.74, 6) is 0.820. The molecule has 1 aliphatic rings. The predicted molar refractivity (Wildman–Crippen MR) is 64.1 cm³/mol. The number of hydrogen-bond donors (Lipinski definition) is 1. The molecule has 0 aromatic heterocycles. The maximum absolute atomic E-state index is 11.5. The third-order valence-corrected chi connectivity index (χ3v) is 2.72. The van der Waals surface area contributed by atoms with Crippen LogP contribution in [0, 0.1) is 0 Å². The van der Waals surface area contributed by atoms with Crippen molar-refractivity contribution in [2.75, 3.05) is 23.9 Å². The molecular weight excluding hydrogens is 204 g/mol. The van der Waals surface area contributed by atoms with Gasteiger partial charge in [-0.2, -0.15) is 0 Å². The number of carbonyl (C=O) groups excluding carboxylic acids is 1. The van der Waals surface area contributed by atoms with Crippen LogP contribution in [0.5, 0.6) is 5.75 Å². The van der Waals surface area contributed by atoms with Crippen LogP contribution in [-0.2, 0) is 4.79 Å². The zero-order valence-electron chi connectivity index (χ0n) is 9.78. The van der Waals surface area contributed by atoms with Crippen molar-refractivity contribution in [3.05, 3.63) is 18.2 Å². The molecule has 4 heteroatoms. The Balaban J connectivity index is 2.53. The van der Waals surface area contributed by atoms with Crippen LogP contribution in [0.3, 0.4) is 0 Å². The monoisotopic (exact) mass is 220 g/mol. The fraction of sp³-hybridized carbons (Fsp3) is 0.417. The summed E-state index contributed by atoms with van der Waals surface area (Å²) >= 11 is 0. The van der Waals surface area contributed by atoms with E-state index in [9.17, 15) is 4.79 Å². The number of nitrogens with zero attached hydrogens (tertiary/aromatic N) is 1. The minimum atomic E-state index is 0.0226. The molecule has 0 atom stereocenters. The summed E-state index contributed by atoms with van der Waals surface area (Å²) in [6.07, 6.45) is 0. The fourth-order valence-electron chi connectivity index (χ4n) is 1.95. The predicted octanol–water partition coefficient (Wildman–Crippen LogP) is 1.86. The van der Waals surface area contributed by atoms with Crippen LogP contribution < -0.4 is 15.0 Å². The number of para-hydroxylation sites is 1. The van der Waals surface area contributed by atoms with Crippen LogP contribution in [0.1, 0.15) is 13.8 Å². The molecule has 4 nitrogen and oxygen atoms in total. The first-order valence-electron chi connectivity index (χ1n) is 5.37. The van der Waals surface area contributed by atoms with Crippen molar-refractivity contribution < 1.29 is 9.53 Å². The second-order valence-corrected chi connectivity index (χ2v) is 4.13. The molecule has 1 N–H and O–H groups in total. The van der Waals surface area contributed by atoms with E-state index in [1.807, 2.05) is 23.1 Å². The van der Waals surface area contributed by atoms with Gasteiger partial charge in [0.1, 0.15) is 11.4 Å². The molecule has 0 spiro atoms. The first-order valence-corrected chi connectivity index (χ1v) is 5.37. The molecule has 86 valence electrons. The van der Waals surface area contributed by atoms with Crippen molar-refractivity contribution in [1.82, 2.24) is 0 Å². The second-order valence-electron chi connectivity index (χ2n) is 4.13. The Kier molecular flexibility index (Phi) is 2.73. The first-order chi connectivity index (χ1) is 7.63. The second kappa shape index (κ2) is 4.04. The standard InChI is InChI=1S/C12H16N2O2/c1-8(2)14-7-11(15)13-9-5-4-6-10(16-3)12(9)14/h4-6,8H,7H2,1-3H3,(H,13,15). The topological polar surface area (TPSA) is 41.6 Å². The van der Waals surface area contributed by atoms with E-state index in [4.69, 9.17) is 4.74 Å². The quantitative estimate of drug-likeness (QED) is 0.827. The average molecular weight is 220 g/mol. The molecule has 16 heavy (non-hydrogen) atoms. The van der Waals surface area contributed by atoms with Crippen molar-refractivity contribution in [2.45, 2.75) is 19.9 Å². The van der Waals surface area contributed by atoms with Gasteiger partial charge in [-0.1, -0.05) is 6.07 Å². The minimum absolute atomic E-state index is 0.0226. The highest BCUT2D eigenvalue weighted by atomic mass is 16.5. The summed E-state index contributed by atoms with van der Waals surface area (Å²) in [6, 6.07) is 5.94.